The standard InChI is InChI=1S/C17H16F2O2/c18-14-8-9-16(19)15(11-14)17(20)12-21-10-4-7-13-5-2-1-3-6-13/h1-3,5-6,8-9,11H,4,7,10,12H2. The van der Waals surface area contributed by atoms with Gasteiger partial charge in [-0.15, -0.1) is 0 Å². The molecule has 2 rings (SSSR count). The Morgan fingerprint density at radius 1 is 1.05 bits per heavy atom. The van der Waals surface area contributed by atoms with Crippen LogP contribution in [0.5, 0.6) is 0 Å². The van der Waals surface area contributed by atoms with Gasteiger partial charge < -0.3 is 4.74 Å². The summed E-state index contributed by atoms with van der Waals surface area (Å²) < 4.78 is 31.6. The minimum atomic E-state index is -0.728. The van der Waals surface area contributed by atoms with Crippen molar-refractivity contribution in [3.05, 3.63) is 71.3 Å². The number of Topliss-reactive ketones (excluding diaryl/α,β-unsaturated/α-hetero) is 1. The molecule has 4 heteroatoms. The number of ketones is 1. The molecule has 2 aromatic carbocycles. The van der Waals surface area contributed by atoms with E-state index >= 15 is 0 Å². The summed E-state index contributed by atoms with van der Waals surface area (Å²) in [6.07, 6.45) is 1.62. The summed E-state index contributed by atoms with van der Waals surface area (Å²) in [5.74, 6) is -1.91. The number of halogens is 2. The summed E-state index contributed by atoms with van der Waals surface area (Å²) in [4.78, 5) is 11.7. The number of ether oxygens (including phenoxy) is 1. The molecule has 0 saturated carbocycles. The van der Waals surface area contributed by atoms with Crippen molar-refractivity contribution >= 4 is 5.78 Å². The lowest BCUT2D eigenvalue weighted by molar-refractivity contribution is 0.0751. The third-order valence-electron chi connectivity index (χ3n) is 3.06. The van der Waals surface area contributed by atoms with Gasteiger partial charge in [0, 0.05) is 6.61 Å². The summed E-state index contributed by atoms with van der Waals surface area (Å²) in [6.45, 7) is 0.159. The molecule has 2 aromatic rings. The molecule has 21 heavy (non-hydrogen) atoms. The highest BCUT2D eigenvalue weighted by molar-refractivity contribution is 5.97. The first-order chi connectivity index (χ1) is 10.2. The van der Waals surface area contributed by atoms with Crippen LogP contribution in [0.15, 0.2) is 48.5 Å². The second kappa shape index (κ2) is 7.64. The number of carbonyl (C=O) groups excluding carboxylic acids is 1. The van der Waals surface area contributed by atoms with Gasteiger partial charge in [0.2, 0.25) is 0 Å². The van der Waals surface area contributed by atoms with E-state index in [0.29, 0.717) is 6.61 Å². The fourth-order valence-corrected chi connectivity index (χ4v) is 1.98. The topological polar surface area (TPSA) is 26.3 Å². The molecule has 110 valence electrons. The van der Waals surface area contributed by atoms with E-state index in [1.54, 1.807) is 0 Å². The Morgan fingerprint density at radius 2 is 1.81 bits per heavy atom. The molecule has 0 aliphatic rings. The van der Waals surface area contributed by atoms with E-state index in [1.807, 2.05) is 30.3 Å². The molecule has 0 aliphatic carbocycles. The fraction of sp³-hybridized carbons (Fsp3) is 0.235. The van der Waals surface area contributed by atoms with Crippen molar-refractivity contribution in [2.24, 2.45) is 0 Å². The van der Waals surface area contributed by atoms with Crippen molar-refractivity contribution in [2.75, 3.05) is 13.2 Å². The Morgan fingerprint density at radius 3 is 2.57 bits per heavy atom. The SMILES string of the molecule is O=C(COCCCc1ccccc1)c1cc(F)ccc1F. The molecule has 0 atom stereocenters. The van der Waals surface area contributed by atoms with Crippen molar-refractivity contribution in [1.29, 1.82) is 0 Å². The number of hydrogen-bond acceptors (Lipinski definition) is 2. The van der Waals surface area contributed by atoms with Crippen LogP contribution in [-0.4, -0.2) is 19.0 Å². The Bertz CT molecular complexity index is 597. The number of rotatable bonds is 7. The van der Waals surface area contributed by atoms with Gasteiger partial charge in [0.15, 0.2) is 5.78 Å². The second-order valence-corrected chi connectivity index (χ2v) is 4.69. The van der Waals surface area contributed by atoms with Gasteiger partial charge in [0.1, 0.15) is 18.2 Å². The third kappa shape index (κ3) is 4.76. The van der Waals surface area contributed by atoms with Crippen LogP contribution >= 0.6 is 0 Å². The van der Waals surface area contributed by atoms with E-state index in [4.69, 9.17) is 4.74 Å². The van der Waals surface area contributed by atoms with Gasteiger partial charge in [-0.25, -0.2) is 8.78 Å². The summed E-state index contributed by atoms with van der Waals surface area (Å²) >= 11 is 0. The van der Waals surface area contributed by atoms with Gasteiger partial charge in [-0.3, -0.25) is 4.79 Å². The predicted molar refractivity (Wildman–Crippen MR) is 76.3 cm³/mol. The maximum absolute atomic E-state index is 13.4. The van der Waals surface area contributed by atoms with Gasteiger partial charge in [0.25, 0.3) is 0 Å². The average molecular weight is 290 g/mol. The minimum absolute atomic E-state index is 0.241. The van der Waals surface area contributed by atoms with Gasteiger partial charge >= 0.3 is 0 Å². The highest BCUT2D eigenvalue weighted by Gasteiger charge is 2.12. The maximum Gasteiger partial charge on any atom is 0.191 e. The molecule has 0 bridgehead atoms. The zero-order valence-corrected chi connectivity index (χ0v) is 11.5. The van der Waals surface area contributed by atoms with E-state index in [9.17, 15) is 13.6 Å². The molecule has 0 aromatic heterocycles. The Labute approximate surface area is 122 Å². The second-order valence-electron chi connectivity index (χ2n) is 4.69. The molecule has 0 heterocycles. The lowest BCUT2D eigenvalue weighted by Crippen LogP contribution is -2.12. The number of hydrogen-bond donors (Lipinski definition) is 0. The van der Waals surface area contributed by atoms with Crippen molar-refractivity contribution < 1.29 is 18.3 Å². The summed E-state index contributed by atoms with van der Waals surface area (Å²) in [5, 5.41) is 0. The molecular formula is C17H16F2O2. The number of benzene rings is 2. The number of aryl methyl sites for hydroxylation is 1. The average Bonchev–Trinajstić information content (AvgIpc) is 2.50. The highest BCUT2D eigenvalue weighted by atomic mass is 19.1. The molecule has 0 saturated heterocycles. The van der Waals surface area contributed by atoms with Crippen molar-refractivity contribution in [1.82, 2.24) is 0 Å². The molecule has 0 radical (unpaired) electrons. The fourth-order valence-electron chi connectivity index (χ4n) is 1.98. The molecule has 0 fully saturated rings. The first-order valence-corrected chi connectivity index (χ1v) is 6.77. The lowest BCUT2D eigenvalue weighted by Gasteiger charge is -2.05. The molecule has 0 spiro atoms. The highest BCUT2D eigenvalue weighted by Crippen LogP contribution is 2.10. The quantitative estimate of drug-likeness (QED) is 0.573. The van der Waals surface area contributed by atoms with Crippen molar-refractivity contribution in [3.8, 4) is 0 Å². The minimum Gasteiger partial charge on any atom is -0.373 e. The smallest absolute Gasteiger partial charge is 0.191 e. The first kappa shape index (κ1) is 15.3. The third-order valence-corrected chi connectivity index (χ3v) is 3.06. The van der Waals surface area contributed by atoms with Crippen molar-refractivity contribution in [2.45, 2.75) is 12.8 Å². The van der Waals surface area contributed by atoms with Crippen LogP contribution in [0, 0.1) is 11.6 Å². The Kier molecular flexibility index (Phi) is 5.58. The van der Waals surface area contributed by atoms with E-state index < -0.39 is 17.4 Å². The normalized spacial score (nSPS) is 10.6. The summed E-state index contributed by atoms with van der Waals surface area (Å²) in [6, 6.07) is 12.7. The molecule has 0 unspecified atom stereocenters. The van der Waals surface area contributed by atoms with E-state index in [1.165, 1.54) is 5.56 Å². The monoisotopic (exact) mass is 290 g/mol. The molecule has 0 amide bonds. The zero-order valence-electron chi connectivity index (χ0n) is 11.5. The van der Waals surface area contributed by atoms with Gasteiger partial charge in [-0.2, -0.15) is 0 Å². The van der Waals surface area contributed by atoms with Gasteiger partial charge in [-0.05, 0) is 36.6 Å². The summed E-state index contributed by atoms with van der Waals surface area (Å²) in [5.41, 5.74) is 0.932. The van der Waals surface area contributed by atoms with Crippen LogP contribution in [-0.2, 0) is 11.2 Å². The van der Waals surface area contributed by atoms with Crippen LogP contribution in [0.1, 0.15) is 22.3 Å². The van der Waals surface area contributed by atoms with E-state index in [2.05, 4.69) is 0 Å². The lowest BCUT2D eigenvalue weighted by atomic mass is 10.1. The summed E-state index contributed by atoms with van der Waals surface area (Å²) in [7, 11) is 0. The van der Waals surface area contributed by atoms with Crippen LogP contribution in [0.4, 0.5) is 8.78 Å². The predicted octanol–water partition coefficient (Wildman–Crippen LogP) is 3.80. The van der Waals surface area contributed by atoms with Crippen molar-refractivity contribution in [3.63, 3.8) is 0 Å². The molecule has 0 aliphatic heterocycles. The Hall–Kier alpha value is -2.07. The molecular weight excluding hydrogens is 274 g/mol. The van der Waals surface area contributed by atoms with Gasteiger partial charge in [-0.1, -0.05) is 30.3 Å². The molecule has 2 nitrogen and oxygen atoms in total. The first-order valence-electron chi connectivity index (χ1n) is 6.77. The van der Waals surface area contributed by atoms with Crippen LogP contribution < -0.4 is 0 Å². The van der Waals surface area contributed by atoms with E-state index in [0.717, 1.165) is 31.0 Å². The molecule has 0 N–H and O–H groups in total. The van der Waals surface area contributed by atoms with Crippen LogP contribution in [0.3, 0.4) is 0 Å². The van der Waals surface area contributed by atoms with Crippen LogP contribution in [0.2, 0.25) is 0 Å². The van der Waals surface area contributed by atoms with Crippen LogP contribution in [0.25, 0.3) is 0 Å². The maximum atomic E-state index is 13.4. The largest absolute Gasteiger partial charge is 0.373 e. The van der Waals surface area contributed by atoms with E-state index in [-0.39, 0.29) is 12.2 Å². The zero-order chi connectivity index (χ0) is 15.1. The van der Waals surface area contributed by atoms with Gasteiger partial charge in [0.05, 0.1) is 5.56 Å². The number of carbonyl (C=O) groups is 1. The Balaban J connectivity index is 1.73.